The molecule has 0 fully saturated rings. The van der Waals surface area contributed by atoms with Gasteiger partial charge in [-0.15, -0.1) is 0 Å². The molecule has 4 heteroatoms. The molecule has 0 saturated heterocycles. The molecular weight excluding hydrogens is 258 g/mol. The van der Waals surface area contributed by atoms with E-state index < -0.39 is 0 Å². The fourth-order valence-corrected chi connectivity index (χ4v) is 2.29. The number of nitrogen functional groups attached to an aromatic ring is 1. The Morgan fingerprint density at radius 1 is 1.16 bits per heavy atom. The molecule has 0 radical (unpaired) electrons. The van der Waals surface area contributed by atoms with Crippen LogP contribution in [0.1, 0.15) is 5.69 Å². The Labute approximate surface area is 116 Å². The lowest BCUT2D eigenvalue weighted by molar-refractivity contribution is 1.24. The highest BCUT2D eigenvalue weighted by Gasteiger charge is 2.07. The first-order valence-electron chi connectivity index (χ1n) is 5.92. The molecule has 0 aliphatic heterocycles. The maximum Gasteiger partial charge on any atom is 0.131 e. The summed E-state index contributed by atoms with van der Waals surface area (Å²) in [5, 5.41) is 1.42. The van der Waals surface area contributed by atoms with Crippen molar-refractivity contribution in [3.05, 3.63) is 53.4 Å². The van der Waals surface area contributed by atoms with Crippen molar-refractivity contribution in [2.24, 2.45) is 0 Å². The highest BCUT2D eigenvalue weighted by atomic mass is 35.5. The molecule has 0 bridgehead atoms. The molecule has 3 rings (SSSR count). The lowest BCUT2D eigenvalue weighted by Crippen LogP contribution is -1.92. The van der Waals surface area contributed by atoms with Gasteiger partial charge in [0.15, 0.2) is 0 Å². The molecule has 19 heavy (non-hydrogen) atoms. The van der Waals surface area contributed by atoms with E-state index >= 15 is 0 Å². The minimum atomic E-state index is 0.455. The van der Waals surface area contributed by atoms with Gasteiger partial charge in [0.1, 0.15) is 5.15 Å². The predicted octanol–water partition coefficient (Wildman–Crippen LogP) is 3.84. The first-order chi connectivity index (χ1) is 9.13. The molecule has 0 aliphatic rings. The lowest BCUT2D eigenvalue weighted by atomic mass is 10.0. The van der Waals surface area contributed by atoms with Crippen molar-refractivity contribution in [1.82, 2.24) is 9.97 Å². The van der Waals surface area contributed by atoms with Crippen molar-refractivity contribution >= 4 is 28.2 Å². The van der Waals surface area contributed by atoms with Gasteiger partial charge in [0.2, 0.25) is 0 Å². The fourth-order valence-electron chi connectivity index (χ4n) is 2.14. The number of aromatic nitrogens is 2. The summed E-state index contributed by atoms with van der Waals surface area (Å²) in [6, 6.07) is 11.6. The van der Waals surface area contributed by atoms with E-state index in [1.54, 1.807) is 12.3 Å². The zero-order valence-corrected chi connectivity index (χ0v) is 11.1. The molecule has 94 valence electrons. The van der Waals surface area contributed by atoms with E-state index in [1.807, 2.05) is 31.2 Å². The van der Waals surface area contributed by atoms with Crippen molar-refractivity contribution in [3.8, 4) is 11.1 Å². The fraction of sp³-hybridized carbons (Fsp3) is 0.0667. The number of benzene rings is 1. The monoisotopic (exact) mass is 269 g/mol. The highest BCUT2D eigenvalue weighted by Crippen LogP contribution is 2.27. The molecule has 0 unspecified atom stereocenters. The summed E-state index contributed by atoms with van der Waals surface area (Å²) >= 11 is 5.88. The topological polar surface area (TPSA) is 51.8 Å². The summed E-state index contributed by atoms with van der Waals surface area (Å²) in [7, 11) is 0. The number of rotatable bonds is 1. The normalized spacial score (nSPS) is 10.8. The van der Waals surface area contributed by atoms with Gasteiger partial charge in [-0.05, 0) is 30.7 Å². The first kappa shape index (κ1) is 11.9. The van der Waals surface area contributed by atoms with Gasteiger partial charge in [-0.1, -0.05) is 23.7 Å². The van der Waals surface area contributed by atoms with E-state index in [9.17, 15) is 0 Å². The number of fused-ring (bicyclic) bond motifs is 1. The van der Waals surface area contributed by atoms with Crippen molar-refractivity contribution in [2.75, 3.05) is 5.73 Å². The van der Waals surface area contributed by atoms with Gasteiger partial charge in [-0.25, -0.2) is 4.98 Å². The van der Waals surface area contributed by atoms with Crippen molar-refractivity contribution in [1.29, 1.82) is 0 Å². The highest BCUT2D eigenvalue weighted by molar-refractivity contribution is 6.30. The third-order valence-corrected chi connectivity index (χ3v) is 3.26. The summed E-state index contributed by atoms with van der Waals surface area (Å²) in [4.78, 5) is 8.67. The predicted molar refractivity (Wildman–Crippen MR) is 79.1 cm³/mol. The average molecular weight is 270 g/mol. The Morgan fingerprint density at radius 2 is 2.00 bits per heavy atom. The van der Waals surface area contributed by atoms with Crippen molar-refractivity contribution in [2.45, 2.75) is 6.92 Å². The summed E-state index contributed by atoms with van der Waals surface area (Å²) in [5.74, 6) is 0. The summed E-state index contributed by atoms with van der Waals surface area (Å²) in [5.41, 5.74) is 10.5. The van der Waals surface area contributed by atoms with Gasteiger partial charge in [0.25, 0.3) is 0 Å². The van der Waals surface area contributed by atoms with E-state index in [0.717, 1.165) is 33.4 Å². The van der Waals surface area contributed by atoms with Crippen LogP contribution in [-0.2, 0) is 0 Å². The molecule has 0 aliphatic carbocycles. The summed E-state index contributed by atoms with van der Waals surface area (Å²) in [6.45, 7) is 1.98. The standard InChI is InChI=1S/C15H12ClN3/c1-9-13(10-3-2-4-12(17)5-10)6-11-8-18-15(16)7-14(11)19-9/h2-8H,17H2,1H3. The second-order valence-corrected chi connectivity index (χ2v) is 4.83. The van der Waals surface area contributed by atoms with Crippen LogP contribution in [0.3, 0.4) is 0 Å². The minimum Gasteiger partial charge on any atom is -0.399 e. The Hall–Kier alpha value is -2.13. The van der Waals surface area contributed by atoms with E-state index in [2.05, 4.69) is 16.0 Å². The van der Waals surface area contributed by atoms with Crippen molar-refractivity contribution < 1.29 is 0 Å². The SMILES string of the molecule is Cc1nc2cc(Cl)ncc2cc1-c1cccc(N)c1. The maximum absolute atomic E-state index is 5.88. The number of nitrogens with zero attached hydrogens (tertiary/aromatic N) is 2. The second-order valence-electron chi connectivity index (χ2n) is 4.45. The first-order valence-corrected chi connectivity index (χ1v) is 6.30. The average Bonchev–Trinajstić information content (AvgIpc) is 2.37. The van der Waals surface area contributed by atoms with Crippen molar-refractivity contribution in [3.63, 3.8) is 0 Å². The Kier molecular flexibility index (Phi) is 2.84. The molecule has 3 nitrogen and oxygen atoms in total. The molecule has 2 heterocycles. The number of anilines is 1. The summed E-state index contributed by atoms with van der Waals surface area (Å²) < 4.78 is 0. The largest absolute Gasteiger partial charge is 0.399 e. The molecule has 0 spiro atoms. The van der Waals surface area contributed by atoms with E-state index in [-0.39, 0.29) is 0 Å². The molecule has 0 amide bonds. The number of pyridine rings is 2. The number of nitrogens with two attached hydrogens (primary N) is 1. The molecule has 1 aromatic carbocycles. The number of hydrogen-bond acceptors (Lipinski definition) is 3. The van der Waals surface area contributed by atoms with Crippen LogP contribution in [0.5, 0.6) is 0 Å². The van der Waals surface area contributed by atoms with Gasteiger partial charge in [0.05, 0.1) is 5.52 Å². The molecular formula is C15H12ClN3. The van der Waals surface area contributed by atoms with E-state index in [1.165, 1.54) is 0 Å². The smallest absolute Gasteiger partial charge is 0.131 e. The van der Waals surface area contributed by atoms with Crippen LogP contribution in [0.4, 0.5) is 5.69 Å². The van der Waals surface area contributed by atoms with Gasteiger partial charge in [-0.3, -0.25) is 4.98 Å². The Bertz CT molecular complexity index is 768. The van der Waals surface area contributed by atoms with E-state index in [0.29, 0.717) is 5.15 Å². The van der Waals surface area contributed by atoms with Crippen LogP contribution in [0, 0.1) is 6.92 Å². The third kappa shape index (κ3) is 2.25. The second kappa shape index (κ2) is 4.52. The Morgan fingerprint density at radius 3 is 2.79 bits per heavy atom. The molecule has 2 aromatic heterocycles. The van der Waals surface area contributed by atoms with E-state index in [4.69, 9.17) is 17.3 Å². The number of aryl methyl sites for hydroxylation is 1. The minimum absolute atomic E-state index is 0.455. The Balaban J connectivity index is 2.24. The third-order valence-electron chi connectivity index (χ3n) is 3.05. The van der Waals surface area contributed by atoms with Gasteiger partial charge >= 0.3 is 0 Å². The quantitative estimate of drug-likeness (QED) is 0.539. The van der Waals surface area contributed by atoms with Crippen LogP contribution in [0.15, 0.2) is 42.6 Å². The van der Waals surface area contributed by atoms with Gasteiger partial charge < -0.3 is 5.73 Å². The van der Waals surface area contributed by atoms with Gasteiger partial charge in [0, 0.05) is 34.6 Å². The molecule has 0 saturated carbocycles. The van der Waals surface area contributed by atoms with Crippen LogP contribution in [-0.4, -0.2) is 9.97 Å². The molecule has 2 N–H and O–H groups in total. The van der Waals surface area contributed by atoms with Gasteiger partial charge in [-0.2, -0.15) is 0 Å². The maximum atomic E-state index is 5.88. The zero-order valence-electron chi connectivity index (χ0n) is 10.4. The molecule has 0 atom stereocenters. The van der Waals surface area contributed by atoms with Crippen LogP contribution < -0.4 is 5.73 Å². The summed E-state index contributed by atoms with van der Waals surface area (Å²) in [6.07, 6.45) is 1.74. The van der Waals surface area contributed by atoms with Crippen LogP contribution in [0.2, 0.25) is 5.15 Å². The number of halogens is 1. The number of hydrogen-bond donors (Lipinski definition) is 1. The zero-order chi connectivity index (χ0) is 13.4. The molecule has 3 aromatic rings. The lowest BCUT2D eigenvalue weighted by Gasteiger charge is -2.08. The van der Waals surface area contributed by atoms with Crippen LogP contribution >= 0.6 is 11.6 Å². The van der Waals surface area contributed by atoms with Crippen LogP contribution in [0.25, 0.3) is 22.0 Å².